The minimum Gasteiger partial charge on any atom is -0.431 e. The summed E-state index contributed by atoms with van der Waals surface area (Å²) in [7, 11) is 0. The van der Waals surface area contributed by atoms with Gasteiger partial charge < -0.3 is 9.64 Å². The van der Waals surface area contributed by atoms with Gasteiger partial charge in [0.05, 0.1) is 0 Å². The monoisotopic (exact) mass is 394 g/mol. The van der Waals surface area contributed by atoms with E-state index in [0.29, 0.717) is 17.3 Å². The molecule has 2 atom stereocenters. The van der Waals surface area contributed by atoms with Crippen LogP contribution in [-0.2, 0) is 11.2 Å². The fourth-order valence-corrected chi connectivity index (χ4v) is 5.08. The molecule has 2 saturated heterocycles. The highest BCUT2D eigenvalue weighted by Crippen LogP contribution is 2.32. The SMILES string of the molecule is CC(=O)N1CC2CC1CN2CCc1ccc(Oc2nc3cccnc3s2)cc1. The van der Waals surface area contributed by atoms with Crippen molar-refractivity contribution in [1.29, 1.82) is 0 Å². The lowest BCUT2D eigenvalue weighted by atomic mass is 10.1. The van der Waals surface area contributed by atoms with Crippen LogP contribution >= 0.6 is 11.3 Å². The Labute approximate surface area is 167 Å². The number of thiazole rings is 1. The molecule has 3 aromatic rings. The van der Waals surface area contributed by atoms with E-state index in [9.17, 15) is 4.79 Å². The van der Waals surface area contributed by atoms with Crippen LogP contribution in [0.25, 0.3) is 10.3 Å². The van der Waals surface area contributed by atoms with E-state index in [0.717, 1.165) is 48.6 Å². The summed E-state index contributed by atoms with van der Waals surface area (Å²) >= 11 is 1.45. The van der Waals surface area contributed by atoms with Crippen LogP contribution in [0.2, 0.25) is 0 Å². The third-order valence-electron chi connectivity index (χ3n) is 5.72. The Morgan fingerprint density at radius 3 is 2.79 bits per heavy atom. The third kappa shape index (κ3) is 3.36. The standard InChI is InChI=1S/C21H22N4O2S/c1-14(26)25-13-16-11-17(25)12-24(16)10-8-15-4-6-18(7-5-15)27-21-23-19-3-2-9-22-20(19)28-21/h2-7,9,16-17H,8,10-13H2,1H3. The molecule has 28 heavy (non-hydrogen) atoms. The zero-order valence-corrected chi connectivity index (χ0v) is 16.6. The first-order chi connectivity index (χ1) is 13.7. The molecule has 0 spiro atoms. The van der Waals surface area contributed by atoms with E-state index < -0.39 is 0 Å². The van der Waals surface area contributed by atoms with Crippen LogP contribution in [0.5, 0.6) is 10.9 Å². The van der Waals surface area contributed by atoms with E-state index in [4.69, 9.17) is 4.74 Å². The van der Waals surface area contributed by atoms with Crippen LogP contribution in [0.3, 0.4) is 0 Å². The molecule has 0 N–H and O–H groups in total. The number of likely N-dealkylation sites (tertiary alicyclic amines) is 2. The number of hydrogen-bond donors (Lipinski definition) is 0. The molecule has 2 aliphatic heterocycles. The first-order valence-corrected chi connectivity index (χ1v) is 10.5. The summed E-state index contributed by atoms with van der Waals surface area (Å²) in [5.74, 6) is 1.01. The molecule has 2 fully saturated rings. The topological polar surface area (TPSA) is 58.6 Å². The quantitative estimate of drug-likeness (QED) is 0.664. The largest absolute Gasteiger partial charge is 0.431 e. The van der Waals surface area contributed by atoms with Gasteiger partial charge in [-0.15, -0.1) is 0 Å². The first kappa shape index (κ1) is 17.6. The van der Waals surface area contributed by atoms with Crippen molar-refractivity contribution >= 4 is 27.6 Å². The average Bonchev–Trinajstić information content (AvgIpc) is 3.40. The number of rotatable bonds is 5. The predicted octanol–water partition coefficient (Wildman–Crippen LogP) is 3.33. The number of nitrogens with zero attached hydrogens (tertiary/aromatic N) is 4. The highest BCUT2D eigenvalue weighted by Gasteiger charge is 2.43. The Hall–Kier alpha value is -2.51. The number of carbonyl (C=O) groups excluding carboxylic acids is 1. The van der Waals surface area contributed by atoms with Crippen molar-refractivity contribution in [2.45, 2.75) is 31.8 Å². The van der Waals surface area contributed by atoms with E-state index in [1.807, 2.05) is 29.2 Å². The Morgan fingerprint density at radius 2 is 2.07 bits per heavy atom. The van der Waals surface area contributed by atoms with Crippen molar-refractivity contribution in [1.82, 2.24) is 19.8 Å². The van der Waals surface area contributed by atoms with Crippen LogP contribution in [0.15, 0.2) is 42.6 Å². The third-order valence-corrected chi connectivity index (χ3v) is 6.58. The Balaban J connectivity index is 1.17. The van der Waals surface area contributed by atoms with Gasteiger partial charge in [0.15, 0.2) is 0 Å². The Morgan fingerprint density at radius 1 is 1.21 bits per heavy atom. The van der Waals surface area contributed by atoms with E-state index in [1.165, 1.54) is 16.9 Å². The van der Waals surface area contributed by atoms with Crippen molar-refractivity contribution in [2.24, 2.45) is 0 Å². The minimum absolute atomic E-state index is 0.214. The normalized spacial score (nSPS) is 21.5. The maximum absolute atomic E-state index is 11.6. The van der Waals surface area contributed by atoms with Gasteiger partial charge in [0.25, 0.3) is 5.19 Å². The molecule has 6 nitrogen and oxygen atoms in total. The predicted molar refractivity (Wildman–Crippen MR) is 109 cm³/mol. The number of ether oxygens (including phenoxy) is 1. The van der Waals surface area contributed by atoms with E-state index in [2.05, 4.69) is 27.0 Å². The van der Waals surface area contributed by atoms with Crippen molar-refractivity contribution in [2.75, 3.05) is 19.6 Å². The molecule has 2 aromatic heterocycles. The number of piperazine rings is 1. The fraction of sp³-hybridized carbons (Fsp3) is 0.381. The lowest BCUT2D eigenvalue weighted by Crippen LogP contribution is -2.48. The number of pyridine rings is 1. The second-order valence-electron chi connectivity index (χ2n) is 7.51. The van der Waals surface area contributed by atoms with Crippen LogP contribution in [0, 0.1) is 0 Å². The molecular weight excluding hydrogens is 372 g/mol. The summed E-state index contributed by atoms with van der Waals surface area (Å²) in [6.45, 7) is 4.62. The number of carbonyl (C=O) groups is 1. The molecule has 5 rings (SSSR count). The van der Waals surface area contributed by atoms with Gasteiger partial charge in [0, 0.05) is 44.8 Å². The van der Waals surface area contributed by atoms with Gasteiger partial charge >= 0.3 is 0 Å². The number of amides is 1. The Bertz CT molecular complexity index is 970. The lowest BCUT2D eigenvalue weighted by molar-refractivity contribution is -0.131. The first-order valence-electron chi connectivity index (χ1n) is 9.65. The highest BCUT2D eigenvalue weighted by molar-refractivity contribution is 7.19. The highest BCUT2D eigenvalue weighted by atomic mass is 32.1. The van der Waals surface area contributed by atoms with Gasteiger partial charge in [-0.3, -0.25) is 9.69 Å². The number of benzene rings is 1. The number of aromatic nitrogens is 2. The van der Waals surface area contributed by atoms with E-state index in [1.54, 1.807) is 13.1 Å². The molecule has 0 radical (unpaired) electrons. The molecule has 1 aromatic carbocycles. The summed E-state index contributed by atoms with van der Waals surface area (Å²) in [5.41, 5.74) is 2.16. The van der Waals surface area contributed by atoms with Crippen molar-refractivity contribution < 1.29 is 9.53 Å². The summed E-state index contributed by atoms with van der Waals surface area (Å²) in [4.78, 5) is 25.8. The summed E-state index contributed by atoms with van der Waals surface area (Å²) < 4.78 is 5.89. The van der Waals surface area contributed by atoms with Crippen molar-refractivity contribution in [3.05, 3.63) is 48.2 Å². The second-order valence-corrected chi connectivity index (χ2v) is 8.45. The molecule has 0 aliphatic carbocycles. The molecule has 4 heterocycles. The smallest absolute Gasteiger partial charge is 0.281 e. The zero-order chi connectivity index (χ0) is 19.1. The van der Waals surface area contributed by atoms with Gasteiger partial charge in [-0.2, -0.15) is 0 Å². The summed E-state index contributed by atoms with van der Waals surface area (Å²) in [6.07, 6.45) is 3.90. The molecule has 7 heteroatoms. The molecule has 2 unspecified atom stereocenters. The number of fused-ring (bicyclic) bond motifs is 3. The van der Waals surface area contributed by atoms with E-state index >= 15 is 0 Å². The minimum atomic E-state index is 0.214. The molecule has 144 valence electrons. The summed E-state index contributed by atoms with van der Waals surface area (Å²) in [5, 5.41) is 0.615. The van der Waals surface area contributed by atoms with Gasteiger partial charge in [-0.25, -0.2) is 9.97 Å². The molecule has 2 bridgehead atoms. The summed E-state index contributed by atoms with van der Waals surface area (Å²) in [6, 6.07) is 13.0. The van der Waals surface area contributed by atoms with Crippen LogP contribution in [-0.4, -0.2) is 57.4 Å². The van der Waals surface area contributed by atoms with Gasteiger partial charge in [0.1, 0.15) is 16.1 Å². The lowest BCUT2D eigenvalue weighted by Gasteiger charge is -2.33. The van der Waals surface area contributed by atoms with Crippen LogP contribution < -0.4 is 4.74 Å². The molecule has 1 amide bonds. The second kappa shape index (κ2) is 7.14. The fourth-order valence-electron chi connectivity index (χ4n) is 4.30. The van der Waals surface area contributed by atoms with Crippen molar-refractivity contribution in [3.8, 4) is 10.9 Å². The van der Waals surface area contributed by atoms with Gasteiger partial charge in [-0.1, -0.05) is 23.5 Å². The zero-order valence-electron chi connectivity index (χ0n) is 15.7. The maximum Gasteiger partial charge on any atom is 0.281 e. The number of hydrogen-bond acceptors (Lipinski definition) is 6. The maximum atomic E-state index is 11.6. The molecule has 2 aliphatic rings. The van der Waals surface area contributed by atoms with Gasteiger partial charge in [-0.05, 0) is 42.7 Å². The van der Waals surface area contributed by atoms with Gasteiger partial charge in [0.2, 0.25) is 5.91 Å². The van der Waals surface area contributed by atoms with Crippen LogP contribution in [0.1, 0.15) is 18.9 Å². The van der Waals surface area contributed by atoms with Crippen molar-refractivity contribution in [3.63, 3.8) is 0 Å². The molecular formula is C21H22N4O2S. The van der Waals surface area contributed by atoms with E-state index in [-0.39, 0.29) is 5.91 Å². The van der Waals surface area contributed by atoms with Crippen LogP contribution in [0.4, 0.5) is 0 Å². The average molecular weight is 395 g/mol. The molecule has 0 saturated carbocycles. The Kier molecular flexibility index (Phi) is 4.49.